The van der Waals surface area contributed by atoms with Crippen LogP contribution in [0.4, 0.5) is 0 Å². The maximum Gasteiger partial charge on any atom is 0.396 e. The van der Waals surface area contributed by atoms with Crippen molar-refractivity contribution in [2.24, 2.45) is 24.6 Å². The van der Waals surface area contributed by atoms with Crippen LogP contribution in [0.25, 0.3) is 21.9 Å². The third kappa shape index (κ3) is 13.4. The normalized spacial score (nSPS) is 21.4. The van der Waals surface area contributed by atoms with Crippen LogP contribution >= 0.6 is 7.60 Å². The van der Waals surface area contributed by atoms with E-state index in [2.05, 4.69) is 26.3 Å². The highest BCUT2D eigenvalue weighted by Gasteiger charge is 2.46. The largest absolute Gasteiger partial charge is 0.396 e. The number of imide groups is 1. The van der Waals surface area contributed by atoms with Crippen LogP contribution in [0.3, 0.4) is 0 Å². The van der Waals surface area contributed by atoms with E-state index in [0.29, 0.717) is 41.7 Å². The Morgan fingerprint density at radius 2 is 1.46 bits per heavy atom. The summed E-state index contributed by atoms with van der Waals surface area (Å²) in [6.45, 7) is -0.0495. The van der Waals surface area contributed by atoms with Gasteiger partial charge in [0.25, 0.3) is 11.4 Å². The Bertz CT molecular complexity index is 3660. The Morgan fingerprint density at radius 1 is 0.765 bits per heavy atom. The summed E-state index contributed by atoms with van der Waals surface area (Å²) in [4.78, 5) is 160. The highest BCUT2D eigenvalue weighted by molar-refractivity contribution is 7.70. The van der Waals surface area contributed by atoms with Crippen LogP contribution < -0.4 is 32.7 Å². The number of aromatic amines is 1. The Morgan fingerprint density at radius 3 is 2.13 bits per heavy atom. The van der Waals surface area contributed by atoms with Gasteiger partial charge in [0.2, 0.25) is 41.4 Å². The molecule has 3 aliphatic heterocycles. The number of nitrogens with one attached hydrogen (secondary N) is 5. The summed E-state index contributed by atoms with van der Waals surface area (Å²) in [6.07, 6.45) is 6.02. The van der Waals surface area contributed by atoms with Gasteiger partial charge in [-0.25, -0.2) is 4.79 Å². The van der Waals surface area contributed by atoms with Crippen LogP contribution in [-0.2, 0) is 51.6 Å². The molecule has 4 aromatic carbocycles. The summed E-state index contributed by atoms with van der Waals surface area (Å²) in [6, 6.07) is 23.8. The van der Waals surface area contributed by atoms with E-state index < -0.39 is 84.8 Å². The summed E-state index contributed by atoms with van der Waals surface area (Å²) >= 11 is 0. The monoisotopic (exact) mass is 1180 g/mol. The predicted octanol–water partition coefficient (Wildman–Crippen LogP) is 4.29. The smallest absolute Gasteiger partial charge is 0.370 e. The zero-order valence-electron chi connectivity index (χ0n) is 46.9. The van der Waals surface area contributed by atoms with E-state index in [0.717, 1.165) is 48.8 Å². The number of nitrogens with two attached hydrogens (primary N) is 1. The van der Waals surface area contributed by atoms with Gasteiger partial charge < -0.3 is 46.3 Å². The van der Waals surface area contributed by atoms with Gasteiger partial charge in [0.05, 0.1) is 17.1 Å². The van der Waals surface area contributed by atoms with E-state index in [1.54, 1.807) is 11.9 Å². The van der Waals surface area contributed by atoms with Crippen molar-refractivity contribution in [2.75, 3.05) is 13.1 Å². The highest BCUT2D eigenvalue weighted by atomic mass is 31.2. The first-order valence-electron chi connectivity index (χ1n) is 28.9. The fourth-order valence-corrected chi connectivity index (χ4v) is 13.3. The van der Waals surface area contributed by atoms with Crippen molar-refractivity contribution >= 4 is 82.3 Å². The molecule has 5 heterocycles. The highest BCUT2D eigenvalue weighted by Crippen LogP contribution is 2.40. The van der Waals surface area contributed by atoms with Crippen molar-refractivity contribution in [3.05, 3.63) is 142 Å². The van der Waals surface area contributed by atoms with Crippen LogP contribution in [-0.4, -0.2) is 124 Å². The number of benzene rings is 4. The molecule has 85 heavy (non-hydrogen) atoms. The van der Waals surface area contributed by atoms with E-state index >= 15 is 4.79 Å². The second-order valence-electron chi connectivity index (χ2n) is 22.9. The molecule has 6 aromatic rings. The summed E-state index contributed by atoms with van der Waals surface area (Å²) in [5.74, 6) is -3.80. The zero-order chi connectivity index (χ0) is 60.3. The number of carbonyl (C=O) groups excluding carboxylic acids is 9. The average Bonchev–Trinajstić information content (AvgIpc) is 2.84. The minimum absolute atomic E-state index is 0.0611. The number of H-pyrrole nitrogens is 1. The van der Waals surface area contributed by atoms with E-state index in [9.17, 15) is 57.5 Å². The van der Waals surface area contributed by atoms with Gasteiger partial charge in [-0.1, -0.05) is 79.6 Å². The molecular weight excluding hydrogens is 1110 g/mol. The fraction of sp³-hybridized carbons (Fsp3) is 0.410. The lowest BCUT2D eigenvalue weighted by Gasteiger charge is -2.39. The van der Waals surface area contributed by atoms with Gasteiger partial charge in [-0.2, -0.15) is 0 Å². The second kappa shape index (κ2) is 25.4. The summed E-state index contributed by atoms with van der Waals surface area (Å²) in [7, 11) is -3.46. The van der Waals surface area contributed by atoms with Crippen LogP contribution in [0, 0.1) is 11.8 Å². The van der Waals surface area contributed by atoms with Crippen molar-refractivity contribution in [2.45, 2.75) is 126 Å². The van der Waals surface area contributed by atoms with E-state index in [1.165, 1.54) is 38.3 Å². The van der Waals surface area contributed by atoms with Gasteiger partial charge in [0.1, 0.15) is 29.9 Å². The van der Waals surface area contributed by atoms with E-state index in [-0.39, 0.29) is 91.7 Å². The molecule has 0 spiro atoms. The number of hydrogen-bond donors (Lipinski definition) is 8. The lowest BCUT2D eigenvalue weighted by atomic mass is 9.77. The maximum atomic E-state index is 15.2. The molecule has 9 N–H and O–H groups in total. The third-order valence-corrected chi connectivity index (χ3v) is 18.1. The SMILES string of the molecule is Cn1c(=O)n(C2CCC(=O)NC2=O)c2ccc(C[C@H]3CC[C@H](CCC(=O)N4CC[C@H]5CC[C@@H](C(=O)N[C@@H](CCC(N)=O)C(=O)NC(c6ccccc6)c6ccccc6)N5C(=O)[C@@H](NC(=O)c5cc6cc(C(=O)P(=O)(O)O)ccc6[nH]5)C4)CC3)cc21. The number of primary amides is 1. The first kappa shape index (κ1) is 59.6. The molecule has 24 heteroatoms. The number of rotatable bonds is 19. The number of carbonyl (C=O) groups is 9. The summed E-state index contributed by atoms with van der Waals surface area (Å²) in [5.41, 5.74) is 7.76. The molecule has 0 radical (unpaired) electrons. The van der Waals surface area contributed by atoms with E-state index in [1.807, 2.05) is 78.9 Å². The number of nitrogens with zero attached hydrogens (tertiary/aromatic N) is 4. The molecular formula is C61H69N10O13P. The number of aromatic nitrogens is 3. The third-order valence-electron chi connectivity index (χ3n) is 17.3. The number of imidazole rings is 1. The lowest BCUT2D eigenvalue weighted by molar-refractivity contribution is -0.145. The van der Waals surface area contributed by atoms with Crippen LogP contribution in [0.2, 0.25) is 0 Å². The molecule has 2 aromatic heterocycles. The molecule has 446 valence electrons. The van der Waals surface area contributed by atoms with E-state index in [4.69, 9.17) is 5.73 Å². The Kier molecular flexibility index (Phi) is 17.8. The molecule has 23 nitrogen and oxygen atoms in total. The first-order valence-corrected chi connectivity index (χ1v) is 30.5. The topological polar surface area (TPSA) is 335 Å². The second-order valence-corrected chi connectivity index (χ2v) is 24.4. The van der Waals surface area contributed by atoms with Gasteiger partial charge in [-0.3, -0.25) is 62.2 Å². The zero-order valence-corrected chi connectivity index (χ0v) is 47.8. The van der Waals surface area contributed by atoms with Gasteiger partial charge >= 0.3 is 13.3 Å². The number of hydrogen-bond acceptors (Lipinski definition) is 11. The van der Waals surface area contributed by atoms with Crippen molar-refractivity contribution < 1.29 is 57.5 Å². The Balaban J connectivity index is 0.826. The molecule has 0 bridgehead atoms. The minimum atomic E-state index is -5.13. The van der Waals surface area contributed by atoms with Crippen molar-refractivity contribution in [3.63, 3.8) is 0 Å². The molecule has 4 fully saturated rings. The average molecular weight is 1180 g/mol. The molecule has 1 saturated carbocycles. The molecule has 1 aliphatic carbocycles. The predicted molar refractivity (Wildman–Crippen MR) is 311 cm³/mol. The van der Waals surface area contributed by atoms with Gasteiger partial charge in [0.15, 0.2) is 0 Å². The van der Waals surface area contributed by atoms with Crippen LogP contribution in [0.15, 0.2) is 108 Å². The van der Waals surface area contributed by atoms with Crippen LogP contribution in [0.5, 0.6) is 0 Å². The first-order chi connectivity index (χ1) is 40.7. The Labute approximate surface area is 488 Å². The van der Waals surface area contributed by atoms with Gasteiger partial charge in [0, 0.05) is 61.9 Å². The fourth-order valence-electron chi connectivity index (χ4n) is 12.8. The lowest BCUT2D eigenvalue weighted by Crippen LogP contribution is -2.62. The summed E-state index contributed by atoms with van der Waals surface area (Å²) in [5, 5.41) is 11.3. The standard InChI is InChI=1S/C61H69N10O13P/c1-68-50-31-37(16-22-47(50)71(61(68)81)49-24-26-52(73)66-58(49)78)30-36-14-12-35(13-15-36)17-27-53(74)69-29-28-42-19-23-48(57(77)64-44(21-25-51(62)72)55(75)67-54(38-8-4-2-5-9-38)39-10-6-3-7-11-39)70(42)59(79)46(34-69)65-56(76)45-33-41-32-40(18-20-43(41)63-45)60(80)85(82,83)84/h2-11,16,18,20,22,31-33,35-36,42,44,46,48-49,54,63H,12-15,17,19,21,23-30,34H2,1H3,(H2,62,72)(H,64,77)(H,65,76)(H,67,75)(H,66,73,78)(H2,82,83,84)/t35-,36-,42-,44+,46+,48+,49?/m1/s1. The molecule has 8 amide bonds. The number of fused-ring (bicyclic) bond motifs is 3. The number of piperidine rings is 1. The molecule has 5 atom stereocenters. The molecule has 10 rings (SSSR count). The van der Waals surface area contributed by atoms with Crippen molar-refractivity contribution in [1.29, 1.82) is 0 Å². The molecule has 4 aliphatic rings. The van der Waals surface area contributed by atoms with Crippen LogP contribution in [0.1, 0.15) is 133 Å². The Hall–Kier alpha value is -8.53. The molecule has 3 saturated heterocycles. The minimum Gasteiger partial charge on any atom is -0.370 e. The quantitative estimate of drug-likeness (QED) is 0.0415. The van der Waals surface area contributed by atoms with Gasteiger partial charge in [-0.15, -0.1) is 0 Å². The number of amides is 8. The number of aryl methyl sites for hydroxylation is 1. The maximum absolute atomic E-state index is 15.2. The summed E-state index contributed by atoms with van der Waals surface area (Å²) < 4.78 is 14.8. The van der Waals surface area contributed by atoms with Gasteiger partial charge in [-0.05, 0) is 123 Å². The molecule has 1 unspecified atom stereocenters. The van der Waals surface area contributed by atoms with Crippen molar-refractivity contribution in [1.82, 2.24) is 45.2 Å². The van der Waals surface area contributed by atoms with Crippen molar-refractivity contribution in [3.8, 4) is 0 Å².